The van der Waals surface area contributed by atoms with Crippen molar-refractivity contribution in [3.8, 4) is 0 Å². The van der Waals surface area contributed by atoms with Crippen molar-refractivity contribution in [3.05, 3.63) is 0 Å². The zero-order valence-corrected chi connectivity index (χ0v) is 7.90. The number of ether oxygens (including phenoxy) is 1. The number of carbonyl (C=O) groups excluding carboxylic acids is 1. The average Bonchev–Trinajstić information content (AvgIpc) is 2.66. The molecule has 2 rings (SSSR count). The molecule has 2 fully saturated rings. The van der Waals surface area contributed by atoms with Crippen LogP contribution in [0.2, 0.25) is 0 Å². The lowest BCUT2D eigenvalue weighted by atomic mass is 10.3. The summed E-state index contributed by atoms with van der Waals surface area (Å²) in [5.74, 6) is 0. The molecule has 0 heterocycles. The molecule has 0 aromatic carbocycles. The summed E-state index contributed by atoms with van der Waals surface area (Å²) in [5, 5.41) is 9.36. The van der Waals surface area contributed by atoms with Crippen molar-refractivity contribution in [1.82, 2.24) is 0 Å². The first kappa shape index (κ1) is 2.59. The van der Waals surface area contributed by atoms with E-state index < -0.39 is 68.6 Å². The molecule has 88 valence electrons. The van der Waals surface area contributed by atoms with Gasteiger partial charge in [-0.25, -0.2) is 4.79 Å². The van der Waals surface area contributed by atoms with Crippen molar-refractivity contribution >= 4 is 17.0 Å². The summed E-state index contributed by atoms with van der Waals surface area (Å²) in [7, 11) is 0. The van der Waals surface area contributed by atoms with Gasteiger partial charge >= 0.3 is 5.43 Å². The molecule has 2 aliphatic rings. The molecule has 0 aliphatic heterocycles. The fourth-order valence-electron chi connectivity index (χ4n) is 0.551. The first-order valence-corrected chi connectivity index (χ1v) is 3.90. The van der Waals surface area contributed by atoms with E-state index in [-0.39, 0.29) is 0 Å². The maximum absolute atomic E-state index is 10.6. The van der Waals surface area contributed by atoms with Gasteiger partial charge in [0, 0.05) is 33.5 Å². The van der Waals surface area contributed by atoms with Crippen LogP contribution < -0.4 is 0 Å². The SMILES string of the molecule is [2H]C1([2H])C([2H])([2H])C([2H])([2H])C([2H])(O)C1([2H])[2H].[2H]C1([2H])C([2H])([2H])C([2H])([2H])C([2H])(OC(=O)Cl)C1([2H])[2H]. The maximum Gasteiger partial charge on any atom is 0.404 e. The minimum absolute atomic E-state index is 1.72. The predicted molar refractivity (Wildman–Crippen MR) is 59.1 cm³/mol. The molecule has 2 saturated carbocycles. The van der Waals surface area contributed by atoms with Gasteiger partial charge < -0.3 is 9.84 Å². The van der Waals surface area contributed by atoms with E-state index >= 15 is 0 Å². The van der Waals surface area contributed by atoms with Gasteiger partial charge in [0.25, 0.3) is 0 Å². The summed E-state index contributed by atoms with van der Waals surface area (Å²) in [6.45, 7) is 0. The van der Waals surface area contributed by atoms with Gasteiger partial charge in [-0.3, -0.25) is 0 Å². The third-order valence-corrected chi connectivity index (χ3v) is 1.10. The van der Waals surface area contributed by atoms with E-state index in [1.165, 1.54) is 0 Å². The summed E-state index contributed by atoms with van der Waals surface area (Å²) < 4.78 is 135. The van der Waals surface area contributed by atoms with Crippen LogP contribution >= 0.6 is 11.6 Å². The normalized spacial score (nSPS) is 71.1. The van der Waals surface area contributed by atoms with Gasteiger partial charge in [0.2, 0.25) is 0 Å². The smallest absolute Gasteiger partial charge is 0.404 e. The van der Waals surface area contributed by atoms with Crippen LogP contribution in [0.3, 0.4) is 0 Å². The van der Waals surface area contributed by atoms with Crippen LogP contribution in [0.15, 0.2) is 0 Å². The van der Waals surface area contributed by atoms with Crippen LogP contribution in [-0.4, -0.2) is 22.7 Å². The van der Waals surface area contributed by atoms with Crippen molar-refractivity contribution in [2.24, 2.45) is 0 Å². The van der Waals surface area contributed by atoms with Crippen LogP contribution in [0.1, 0.15) is 75.7 Å². The quantitative estimate of drug-likeness (QED) is 0.729. The predicted octanol–water partition coefficient (Wildman–Crippen LogP) is 3.23. The summed E-state index contributed by atoms with van der Waals surface area (Å²) in [6, 6.07) is 0. The van der Waals surface area contributed by atoms with Gasteiger partial charge in [0.1, 0.15) is 6.08 Å². The molecule has 0 bridgehead atoms. The number of carbonyl (C=O) groups is 1. The van der Waals surface area contributed by atoms with Crippen LogP contribution in [0, 0.1) is 0 Å². The molecule has 0 atom stereocenters. The lowest BCUT2D eigenvalue weighted by Gasteiger charge is -2.05. The second-order valence-corrected chi connectivity index (χ2v) is 2.33. The standard InChI is InChI=1S/C6H9ClO2.C5H10O/c7-6(8)9-5-3-1-2-4-5;6-5-3-1-2-4-5/h5H,1-4H2;5-6H,1-4H2/i2*1D2,2D2,3D2,4D2,5D. The molecule has 15 heavy (non-hydrogen) atoms. The topological polar surface area (TPSA) is 46.5 Å². The molecular formula is C11H19ClO3. The minimum atomic E-state index is -3.48. The third-order valence-electron chi connectivity index (χ3n) is 1.02. The number of halogens is 1. The number of aliphatic hydroxyl groups is 1. The van der Waals surface area contributed by atoms with Gasteiger partial charge in [-0.05, 0) is 38.2 Å². The second kappa shape index (κ2) is 7.07. The van der Waals surface area contributed by atoms with Crippen LogP contribution in [0.5, 0.6) is 0 Å². The monoisotopic (exact) mass is 252 g/mol. The average molecular weight is 253 g/mol. The Hall–Kier alpha value is -0.280. The Kier molecular flexibility index (Phi) is 1.22. The minimum Gasteiger partial charge on any atom is -0.450 e. The highest BCUT2D eigenvalue weighted by Crippen LogP contribution is 2.21. The van der Waals surface area contributed by atoms with Gasteiger partial charge in [-0.15, -0.1) is 0 Å². The lowest BCUT2D eigenvalue weighted by Crippen LogP contribution is -2.08. The first-order chi connectivity index (χ1) is 13.9. The van der Waals surface area contributed by atoms with E-state index in [0.29, 0.717) is 0 Å². The largest absolute Gasteiger partial charge is 0.450 e. The molecule has 0 aromatic rings. The van der Waals surface area contributed by atoms with Crippen LogP contribution in [0.25, 0.3) is 0 Å². The summed E-state index contributed by atoms with van der Waals surface area (Å²) in [4.78, 5) is 10.6. The molecule has 0 radical (unpaired) electrons. The zero-order valence-electron chi connectivity index (χ0n) is 25.1. The van der Waals surface area contributed by atoms with Crippen LogP contribution in [0.4, 0.5) is 4.79 Å². The molecule has 4 heteroatoms. The lowest BCUT2D eigenvalue weighted by molar-refractivity contribution is 0.125. The molecule has 0 amide bonds. The van der Waals surface area contributed by atoms with Crippen molar-refractivity contribution in [3.63, 3.8) is 0 Å². The maximum atomic E-state index is 10.6. The fraction of sp³-hybridized carbons (Fsp3) is 0.909. The third kappa shape index (κ3) is 6.00. The second-order valence-electron chi connectivity index (χ2n) is 2.02. The summed E-state index contributed by atoms with van der Waals surface area (Å²) in [5.41, 5.74) is -1.72. The zero-order chi connectivity index (χ0) is 27.3. The van der Waals surface area contributed by atoms with Crippen molar-refractivity contribution in [2.45, 2.75) is 63.1 Å². The van der Waals surface area contributed by atoms with E-state index in [2.05, 4.69) is 4.74 Å². The van der Waals surface area contributed by atoms with Crippen molar-refractivity contribution < 1.29 is 39.3 Å². The van der Waals surface area contributed by atoms with E-state index in [1.54, 1.807) is 0 Å². The highest BCUT2D eigenvalue weighted by Gasteiger charge is 2.17. The molecule has 0 spiro atoms. The molecule has 0 aromatic heterocycles. The highest BCUT2D eigenvalue weighted by atomic mass is 35.5. The van der Waals surface area contributed by atoms with E-state index in [9.17, 15) is 9.90 Å². The number of hydrogen-bond acceptors (Lipinski definition) is 3. The highest BCUT2D eigenvalue weighted by molar-refractivity contribution is 6.61. The molecule has 1 N–H and O–H groups in total. The fourth-order valence-corrected chi connectivity index (χ4v) is 0.628. The van der Waals surface area contributed by atoms with Gasteiger partial charge in [0.05, 0.1) is 8.82 Å². The summed E-state index contributed by atoms with van der Waals surface area (Å²) >= 11 is 4.83. The Morgan fingerprint density at radius 2 is 1.73 bits per heavy atom. The Morgan fingerprint density at radius 3 is 2.07 bits per heavy atom. The Balaban J connectivity index is 0.000000335. The van der Waals surface area contributed by atoms with E-state index in [1.807, 2.05) is 0 Å². The molecule has 2 aliphatic carbocycles. The number of hydrogen-bond donors (Lipinski definition) is 1. The van der Waals surface area contributed by atoms with Crippen molar-refractivity contribution in [1.29, 1.82) is 0 Å². The van der Waals surface area contributed by atoms with E-state index in [4.69, 9.17) is 36.3 Å². The number of rotatable bonds is 1. The molecule has 3 nitrogen and oxygen atoms in total. The molecule has 0 saturated heterocycles. The van der Waals surface area contributed by atoms with Gasteiger partial charge in [0.15, 0.2) is 0 Å². The Morgan fingerprint density at radius 1 is 1.27 bits per heavy atom. The van der Waals surface area contributed by atoms with Crippen LogP contribution in [-0.2, 0) is 4.74 Å². The van der Waals surface area contributed by atoms with Gasteiger partial charge in [-0.1, -0.05) is 12.7 Å². The van der Waals surface area contributed by atoms with Gasteiger partial charge in [-0.2, -0.15) is 0 Å². The summed E-state index contributed by atoms with van der Waals surface area (Å²) in [6.07, 6.45) is -33.8. The Bertz CT molecular complexity index is 704. The molecule has 0 unspecified atom stereocenters. The Labute approximate surface area is 121 Å². The molecular weight excluding hydrogens is 216 g/mol. The van der Waals surface area contributed by atoms with E-state index in [0.717, 1.165) is 0 Å². The van der Waals surface area contributed by atoms with Crippen molar-refractivity contribution in [2.75, 3.05) is 0 Å². The first-order valence-electron chi connectivity index (χ1n) is 12.5.